The Kier molecular flexibility index (Phi) is 5.14. The van der Waals surface area contributed by atoms with Crippen LogP contribution in [0.15, 0.2) is 10.5 Å². The fourth-order valence-corrected chi connectivity index (χ4v) is 1.42. The highest BCUT2D eigenvalue weighted by atomic mass is 16.5. The van der Waals surface area contributed by atoms with Crippen molar-refractivity contribution in [1.82, 2.24) is 5.43 Å². The van der Waals surface area contributed by atoms with E-state index in [0.717, 1.165) is 5.56 Å². The number of methoxy groups -OCH3 is 1. The van der Waals surface area contributed by atoms with E-state index in [1.165, 1.54) is 0 Å². The Balaban J connectivity index is 2.58. The first-order chi connectivity index (χ1) is 8.08. The van der Waals surface area contributed by atoms with Gasteiger partial charge in [0.2, 0.25) is 0 Å². The van der Waals surface area contributed by atoms with E-state index in [1.807, 2.05) is 12.3 Å². The normalized spacial score (nSPS) is 12.5. The molecule has 0 saturated heterocycles. The second-order valence-corrected chi connectivity index (χ2v) is 3.78. The Morgan fingerprint density at radius 3 is 2.94 bits per heavy atom. The molecule has 1 heterocycles. The smallest absolute Gasteiger partial charge is 0.301 e. The number of hydrazine groups is 1. The van der Waals surface area contributed by atoms with Gasteiger partial charge in [-0.05, 0) is 19.9 Å². The van der Waals surface area contributed by atoms with E-state index in [-0.39, 0.29) is 11.9 Å². The summed E-state index contributed by atoms with van der Waals surface area (Å²) in [5.74, 6) is 5.39. The number of aryl methyl sites for hydroxylation is 1. The zero-order valence-corrected chi connectivity index (χ0v) is 10.3. The molecule has 1 unspecified atom stereocenters. The third kappa shape index (κ3) is 3.85. The maximum Gasteiger partial charge on any atom is 0.301 e. The summed E-state index contributed by atoms with van der Waals surface area (Å²) in [5.41, 5.74) is 2.75. The average Bonchev–Trinajstić information content (AvgIpc) is 2.67. The predicted molar refractivity (Wildman–Crippen MR) is 61.2 cm³/mol. The van der Waals surface area contributed by atoms with Gasteiger partial charge in [-0.15, -0.1) is 0 Å². The molecule has 0 saturated carbocycles. The summed E-state index contributed by atoms with van der Waals surface area (Å²) in [6, 6.07) is 1.75. The van der Waals surface area contributed by atoms with E-state index in [9.17, 15) is 4.79 Å². The van der Waals surface area contributed by atoms with Crippen LogP contribution < -0.4 is 11.3 Å². The van der Waals surface area contributed by atoms with Gasteiger partial charge in [0, 0.05) is 12.7 Å². The first-order valence-corrected chi connectivity index (χ1v) is 5.29. The van der Waals surface area contributed by atoms with Crippen LogP contribution in [0, 0.1) is 6.92 Å². The van der Waals surface area contributed by atoms with E-state index in [1.54, 1.807) is 20.1 Å². The highest BCUT2D eigenvalue weighted by molar-refractivity contribution is 5.92. The van der Waals surface area contributed by atoms with Crippen molar-refractivity contribution in [3.63, 3.8) is 0 Å². The van der Waals surface area contributed by atoms with E-state index in [2.05, 4.69) is 0 Å². The number of nitrogen functional groups attached to an aromatic ring is 1. The summed E-state index contributed by atoms with van der Waals surface area (Å²) in [4.78, 5) is 11.3. The van der Waals surface area contributed by atoms with Crippen molar-refractivity contribution >= 4 is 5.91 Å². The maximum absolute atomic E-state index is 11.3. The highest BCUT2D eigenvalue weighted by Crippen LogP contribution is 2.15. The molecule has 96 valence electrons. The summed E-state index contributed by atoms with van der Waals surface area (Å²) in [7, 11) is 1.61. The zero-order valence-electron chi connectivity index (χ0n) is 10.3. The van der Waals surface area contributed by atoms with E-state index in [4.69, 9.17) is 19.7 Å². The number of nitrogens with two attached hydrogens (primary N) is 1. The molecule has 0 aliphatic carbocycles. The number of hydrogen-bond acceptors (Lipinski definition) is 5. The molecule has 0 aromatic carbocycles. The van der Waals surface area contributed by atoms with Gasteiger partial charge in [-0.1, -0.05) is 0 Å². The molecule has 1 atom stereocenters. The van der Waals surface area contributed by atoms with Gasteiger partial charge in [0.05, 0.1) is 12.7 Å². The summed E-state index contributed by atoms with van der Waals surface area (Å²) in [6.45, 7) is 4.47. The summed E-state index contributed by atoms with van der Waals surface area (Å²) in [6.07, 6.45) is -0.0304. The van der Waals surface area contributed by atoms with Gasteiger partial charge in [-0.3, -0.25) is 10.2 Å². The van der Waals surface area contributed by atoms with Crippen molar-refractivity contribution in [2.45, 2.75) is 26.6 Å². The molecule has 0 aliphatic rings. The maximum atomic E-state index is 11.3. The zero-order chi connectivity index (χ0) is 12.8. The summed E-state index contributed by atoms with van der Waals surface area (Å²) < 4.78 is 15.7. The number of carbonyl (C=O) groups excluding carboxylic acids is 1. The molecule has 6 heteroatoms. The number of rotatable bonds is 6. The Morgan fingerprint density at radius 2 is 2.35 bits per heavy atom. The largest absolute Gasteiger partial charge is 0.453 e. The van der Waals surface area contributed by atoms with Crippen LogP contribution in [0.5, 0.6) is 0 Å². The first-order valence-electron chi connectivity index (χ1n) is 5.29. The fraction of sp³-hybridized carbons (Fsp3) is 0.545. The Bertz CT molecular complexity index is 376. The number of ether oxygens (including phenoxy) is 2. The van der Waals surface area contributed by atoms with Crippen LogP contribution in [0.25, 0.3) is 0 Å². The molecule has 1 amide bonds. The third-order valence-corrected chi connectivity index (χ3v) is 2.22. The second kappa shape index (κ2) is 6.39. The van der Waals surface area contributed by atoms with Crippen LogP contribution in [-0.4, -0.2) is 25.7 Å². The minimum atomic E-state index is -0.446. The topological polar surface area (TPSA) is 86.7 Å². The van der Waals surface area contributed by atoms with Crippen molar-refractivity contribution in [2.75, 3.05) is 13.7 Å². The lowest BCUT2D eigenvalue weighted by Crippen LogP contribution is -2.30. The van der Waals surface area contributed by atoms with Crippen molar-refractivity contribution < 1.29 is 18.7 Å². The average molecular weight is 242 g/mol. The summed E-state index contributed by atoms with van der Waals surface area (Å²) >= 11 is 0. The lowest BCUT2D eigenvalue weighted by atomic mass is 10.2. The molecule has 0 aliphatic heterocycles. The lowest BCUT2D eigenvalue weighted by Gasteiger charge is -2.10. The van der Waals surface area contributed by atoms with Crippen LogP contribution in [-0.2, 0) is 16.1 Å². The van der Waals surface area contributed by atoms with Crippen LogP contribution in [0.3, 0.4) is 0 Å². The van der Waals surface area contributed by atoms with Crippen LogP contribution in [0.4, 0.5) is 0 Å². The van der Waals surface area contributed by atoms with Crippen LogP contribution in [0.1, 0.15) is 28.8 Å². The first kappa shape index (κ1) is 13.7. The standard InChI is InChI=1S/C11H18N2O4/c1-7-4-9(6-16-8(2)5-15-3)17-10(7)11(14)13-12/h4,8H,5-6,12H2,1-3H3,(H,13,14). The number of amides is 1. The summed E-state index contributed by atoms with van der Waals surface area (Å²) in [5, 5.41) is 0. The Labute approximate surface area is 100 Å². The molecule has 0 radical (unpaired) electrons. The number of carbonyl (C=O) groups is 1. The fourth-order valence-electron chi connectivity index (χ4n) is 1.42. The van der Waals surface area contributed by atoms with E-state index >= 15 is 0 Å². The van der Waals surface area contributed by atoms with Gasteiger partial charge in [-0.2, -0.15) is 0 Å². The third-order valence-electron chi connectivity index (χ3n) is 2.22. The van der Waals surface area contributed by atoms with Crippen molar-refractivity contribution in [3.05, 3.63) is 23.2 Å². The van der Waals surface area contributed by atoms with Crippen LogP contribution >= 0.6 is 0 Å². The van der Waals surface area contributed by atoms with Crippen molar-refractivity contribution in [1.29, 1.82) is 0 Å². The molecule has 6 nitrogen and oxygen atoms in total. The van der Waals surface area contributed by atoms with Gasteiger partial charge >= 0.3 is 5.91 Å². The molecule has 1 rings (SSSR count). The molecule has 3 N–H and O–H groups in total. The molecule has 1 aromatic rings. The monoisotopic (exact) mass is 242 g/mol. The number of furan rings is 1. The molecule has 17 heavy (non-hydrogen) atoms. The van der Waals surface area contributed by atoms with Gasteiger partial charge in [0.25, 0.3) is 0 Å². The minimum Gasteiger partial charge on any atom is -0.453 e. The van der Waals surface area contributed by atoms with Crippen molar-refractivity contribution in [3.8, 4) is 0 Å². The van der Waals surface area contributed by atoms with Gasteiger partial charge < -0.3 is 13.9 Å². The van der Waals surface area contributed by atoms with Crippen molar-refractivity contribution in [2.24, 2.45) is 5.84 Å². The molecule has 1 aromatic heterocycles. The molecular weight excluding hydrogens is 224 g/mol. The molecule has 0 bridgehead atoms. The van der Waals surface area contributed by atoms with E-state index in [0.29, 0.717) is 19.0 Å². The number of hydrogen-bond donors (Lipinski definition) is 2. The lowest BCUT2D eigenvalue weighted by molar-refractivity contribution is -0.00657. The van der Waals surface area contributed by atoms with E-state index < -0.39 is 5.91 Å². The Morgan fingerprint density at radius 1 is 1.65 bits per heavy atom. The minimum absolute atomic E-state index is 0.0304. The highest BCUT2D eigenvalue weighted by Gasteiger charge is 2.15. The quantitative estimate of drug-likeness (QED) is 0.436. The Hall–Kier alpha value is -1.37. The SMILES string of the molecule is COCC(C)OCc1cc(C)c(C(=O)NN)o1. The molecule has 0 spiro atoms. The van der Waals surface area contributed by atoms with Gasteiger partial charge in [0.15, 0.2) is 5.76 Å². The number of nitrogens with one attached hydrogen (secondary N) is 1. The van der Waals surface area contributed by atoms with Gasteiger partial charge in [-0.25, -0.2) is 5.84 Å². The molecular formula is C11H18N2O4. The van der Waals surface area contributed by atoms with Gasteiger partial charge in [0.1, 0.15) is 12.4 Å². The van der Waals surface area contributed by atoms with Crippen LogP contribution in [0.2, 0.25) is 0 Å². The second-order valence-electron chi connectivity index (χ2n) is 3.78. The predicted octanol–water partition coefficient (Wildman–Crippen LogP) is 0.743. The molecule has 0 fully saturated rings.